The fourth-order valence-corrected chi connectivity index (χ4v) is 4.69. The predicted octanol–water partition coefficient (Wildman–Crippen LogP) is 2.48. The normalized spacial score (nSPS) is 13.4. The highest BCUT2D eigenvalue weighted by atomic mass is 32.2. The first-order valence-electron chi connectivity index (χ1n) is 9.42. The van der Waals surface area contributed by atoms with Gasteiger partial charge in [-0.1, -0.05) is 0 Å². The van der Waals surface area contributed by atoms with Gasteiger partial charge in [0.05, 0.1) is 31.7 Å². The number of fused-ring (bicyclic) bond motifs is 2. The van der Waals surface area contributed by atoms with Crippen LogP contribution in [0.15, 0.2) is 41.2 Å². The zero-order chi connectivity index (χ0) is 21.5. The minimum Gasteiger partial charge on any atom is -0.493 e. The molecule has 2 heterocycles. The number of pyridine rings is 1. The third-order valence-corrected chi connectivity index (χ3v) is 6.42. The molecule has 1 aliphatic rings. The Balaban J connectivity index is 1.58. The zero-order valence-electron chi connectivity index (χ0n) is 17.0. The number of nitrogens with zero attached hydrogens (tertiary/aromatic N) is 1. The molecule has 3 aromatic rings. The van der Waals surface area contributed by atoms with E-state index >= 15 is 0 Å². The summed E-state index contributed by atoms with van der Waals surface area (Å²) in [5, 5.41) is 4.09. The van der Waals surface area contributed by atoms with Crippen molar-refractivity contribution in [3.63, 3.8) is 0 Å². The van der Waals surface area contributed by atoms with Gasteiger partial charge in [-0.15, -0.1) is 0 Å². The number of sulfonamides is 1. The zero-order valence-corrected chi connectivity index (χ0v) is 17.8. The molecule has 2 N–H and O–H groups in total. The van der Waals surface area contributed by atoms with Gasteiger partial charge in [0, 0.05) is 35.8 Å². The van der Waals surface area contributed by atoms with E-state index in [-0.39, 0.29) is 5.56 Å². The van der Waals surface area contributed by atoms with Crippen LogP contribution in [0.3, 0.4) is 0 Å². The Morgan fingerprint density at radius 3 is 2.53 bits per heavy atom. The highest BCUT2D eigenvalue weighted by Crippen LogP contribution is 2.33. The Morgan fingerprint density at radius 2 is 1.83 bits per heavy atom. The Hall–Kier alpha value is -3.20. The van der Waals surface area contributed by atoms with Gasteiger partial charge in [0.25, 0.3) is 5.56 Å². The van der Waals surface area contributed by atoms with Gasteiger partial charge in [-0.3, -0.25) is 9.10 Å². The molecule has 1 aliphatic heterocycles. The first-order chi connectivity index (χ1) is 14.3. The van der Waals surface area contributed by atoms with Crippen LogP contribution in [0.1, 0.15) is 11.1 Å². The van der Waals surface area contributed by atoms with Gasteiger partial charge < -0.3 is 19.8 Å². The van der Waals surface area contributed by atoms with Crippen LogP contribution in [-0.4, -0.2) is 40.4 Å². The van der Waals surface area contributed by atoms with Crippen molar-refractivity contribution >= 4 is 32.3 Å². The molecule has 4 rings (SSSR count). The molecule has 9 heteroatoms. The number of methoxy groups -OCH3 is 2. The summed E-state index contributed by atoms with van der Waals surface area (Å²) in [6.45, 7) is 0.779. The molecule has 30 heavy (non-hydrogen) atoms. The molecule has 0 unspecified atom stereocenters. The van der Waals surface area contributed by atoms with Gasteiger partial charge in [0.1, 0.15) is 0 Å². The van der Waals surface area contributed by atoms with Crippen molar-refractivity contribution in [2.45, 2.75) is 13.0 Å². The van der Waals surface area contributed by atoms with Crippen molar-refractivity contribution in [1.29, 1.82) is 0 Å². The number of aromatic nitrogens is 1. The van der Waals surface area contributed by atoms with Crippen molar-refractivity contribution in [3.05, 3.63) is 57.9 Å². The summed E-state index contributed by atoms with van der Waals surface area (Å²) in [5.74, 6) is 1.14. The Morgan fingerprint density at radius 1 is 1.10 bits per heavy atom. The van der Waals surface area contributed by atoms with Crippen LogP contribution in [0, 0.1) is 0 Å². The molecular weight excluding hydrogens is 406 g/mol. The van der Waals surface area contributed by atoms with Gasteiger partial charge in [-0.25, -0.2) is 8.42 Å². The molecule has 0 aliphatic carbocycles. The lowest BCUT2D eigenvalue weighted by molar-refractivity contribution is 0.356. The van der Waals surface area contributed by atoms with E-state index in [1.807, 2.05) is 24.3 Å². The van der Waals surface area contributed by atoms with Crippen molar-refractivity contribution in [3.8, 4) is 11.5 Å². The van der Waals surface area contributed by atoms with Crippen molar-refractivity contribution < 1.29 is 17.9 Å². The smallest absolute Gasteiger partial charge is 0.253 e. The molecule has 1 aromatic heterocycles. The summed E-state index contributed by atoms with van der Waals surface area (Å²) in [6.07, 6.45) is 1.88. The van der Waals surface area contributed by atoms with Crippen LogP contribution in [0.25, 0.3) is 10.9 Å². The largest absolute Gasteiger partial charge is 0.493 e. The molecule has 0 spiro atoms. The molecule has 0 radical (unpaired) electrons. The number of H-pyrrole nitrogens is 1. The van der Waals surface area contributed by atoms with Crippen LogP contribution < -0.4 is 24.7 Å². The fraction of sp³-hybridized carbons (Fsp3) is 0.286. The number of aromatic amines is 1. The second-order valence-corrected chi connectivity index (χ2v) is 9.11. The molecule has 2 aromatic carbocycles. The van der Waals surface area contributed by atoms with Crippen LogP contribution >= 0.6 is 0 Å². The molecule has 8 nitrogen and oxygen atoms in total. The van der Waals surface area contributed by atoms with Gasteiger partial charge in [0.15, 0.2) is 11.5 Å². The number of benzene rings is 2. The van der Waals surface area contributed by atoms with Crippen LogP contribution in [0.5, 0.6) is 11.5 Å². The topological polar surface area (TPSA) is 101 Å². The van der Waals surface area contributed by atoms with Crippen LogP contribution in [0.2, 0.25) is 0 Å². The quantitative estimate of drug-likeness (QED) is 0.624. The minimum atomic E-state index is -3.27. The number of rotatable bonds is 6. The van der Waals surface area contributed by atoms with Gasteiger partial charge >= 0.3 is 0 Å². The van der Waals surface area contributed by atoms with Gasteiger partial charge in [-0.05, 0) is 42.3 Å². The van der Waals surface area contributed by atoms with Crippen LogP contribution in [0.4, 0.5) is 11.4 Å². The molecule has 158 valence electrons. The van der Waals surface area contributed by atoms with Gasteiger partial charge in [-0.2, -0.15) is 0 Å². The second kappa shape index (κ2) is 7.56. The maximum atomic E-state index is 12.5. The molecule has 0 amide bonds. The standard InChI is InChI=1S/C21H23N3O5S/c1-28-19-10-14-8-15(21(25)23-17(14)11-20(19)29-2)12-22-16-4-5-18-13(9-16)6-7-24(18)30(3,26)27/h4-5,8-11,22H,6-7,12H2,1-3H3,(H,23,25). The van der Waals surface area contributed by atoms with E-state index in [1.165, 1.54) is 10.6 Å². The highest BCUT2D eigenvalue weighted by Gasteiger charge is 2.26. The summed E-state index contributed by atoms with van der Waals surface area (Å²) < 4.78 is 35.8. The average Bonchev–Trinajstić information content (AvgIpc) is 3.15. The number of hydrogen-bond donors (Lipinski definition) is 2. The monoisotopic (exact) mass is 429 g/mol. The minimum absolute atomic E-state index is 0.188. The second-order valence-electron chi connectivity index (χ2n) is 7.20. The summed E-state index contributed by atoms with van der Waals surface area (Å²) >= 11 is 0. The lowest BCUT2D eigenvalue weighted by Crippen LogP contribution is -2.27. The van der Waals surface area contributed by atoms with E-state index in [1.54, 1.807) is 26.4 Å². The number of hydrogen-bond acceptors (Lipinski definition) is 6. The molecule has 0 saturated heterocycles. The summed E-state index contributed by atoms with van der Waals surface area (Å²) in [5.41, 5.74) is 3.57. The Bertz CT molecular complexity index is 1280. The average molecular weight is 429 g/mol. The van der Waals surface area contributed by atoms with Gasteiger partial charge in [0.2, 0.25) is 10.0 Å². The maximum absolute atomic E-state index is 12.5. The molecule has 0 saturated carbocycles. The number of nitrogens with one attached hydrogen (secondary N) is 2. The van der Waals surface area contributed by atoms with E-state index in [2.05, 4.69) is 10.3 Å². The number of ether oxygens (including phenoxy) is 2. The van der Waals surface area contributed by atoms with Crippen molar-refractivity contribution in [2.24, 2.45) is 0 Å². The van der Waals surface area contributed by atoms with E-state index in [9.17, 15) is 13.2 Å². The fourth-order valence-electron chi connectivity index (χ4n) is 3.73. The highest BCUT2D eigenvalue weighted by molar-refractivity contribution is 7.92. The Labute approximate surface area is 174 Å². The SMILES string of the molecule is COc1cc2cc(CNc3ccc4c(c3)CCN4S(C)(=O)=O)c(=O)[nH]c2cc1OC. The third kappa shape index (κ3) is 3.68. The first-order valence-corrected chi connectivity index (χ1v) is 11.3. The lowest BCUT2D eigenvalue weighted by atomic mass is 10.1. The summed E-state index contributed by atoms with van der Waals surface area (Å²) in [6, 6.07) is 10.9. The summed E-state index contributed by atoms with van der Waals surface area (Å²) in [4.78, 5) is 15.4. The van der Waals surface area contributed by atoms with Crippen molar-refractivity contribution in [1.82, 2.24) is 4.98 Å². The first kappa shape index (κ1) is 20.1. The van der Waals surface area contributed by atoms with E-state index < -0.39 is 10.0 Å². The third-order valence-electron chi connectivity index (χ3n) is 5.24. The number of anilines is 2. The van der Waals surface area contributed by atoms with E-state index in [0.717, 1.165) is 16.6 Å². The van der Waals surface area contributed by atoms with Crippen molar-refractivity contribution in [2.75, 3.05) is 36.6 Å². The van der Waals surface area contributed by atoms with Crippen LogP contribution in [-0.2, 0) is 23.0 Å². The molecule has 0 bridgehead atoms. The Kier molecular flexibility index (Phi) is 5.07. The maximum Gasteiger partial charge on any atom is 0.253 e. The van der Waals surface area contributed by atoms with E-state index in [4.69, 9.17) is 9.47 Å². The summed E-state index contributed by atoms with van der Waals surface area (Å²) in [7, 11) is -0.160. The molecule has 0 fully saturated rings. The van der Waals surface area contributed by atoms with E-state index in [0.29, 0.717) is 47.8 Å². The predicted molar refractivity (Wildman–Crippen MR) is 117 cm³/mol. The molecular formula is C21H23N3O5S. The molecule has 0 atom stereocenters. The lowest BCUT2D eigenvalue weighted by Gasteiger charge is -2.16.